The molecule has 0 saturated carbocycles. The minimum atomic E-state index is 1.02. The Labute approximate surface area is 97.3 Å². The lowest BCUT2D eigenvalue weighted by Gasteiger charge is -2.09. The summed E-state index contributed by atoms with van der Waals surface area (Å²) in [5.74, 6) is 0. The van der Waals surface area contributed by atoms with Crippen molar-refractivity contribution in [3.8, 4) is 0 Å². The highest BCUT2D eigenvalue weighted by atomic mass is 14.1. The predicted octanol–water partition coefficient (Wildman–Crippen LogP) is 4.53. The van der Waals surface area contributed by atoms with E-state index >= 15 is 0 Å². The van der Waals surface area contributed by atoms with Crippen LogP contribution in [0.5, 0.6) is 0 Å². The smallest absolute Gasteiger partial charge is 0.0218 e. The van der Waals surface area contributed by atoms with E-state index < -0.39 is 0 Å². The average molecular weight is 208 g/mol. The third kappa shape index (κ3) is 2.40. The molecule has 1 aromatic rings. The minimum Gasteiger partial charge on any atom is -0.103 e. The Morgan fingerprint density at radius 1 is 1.06 bits per heavy atom. The van der Waals surface area contributed by atoms with Crippen LogP contribution in [0.3, 0.4) is 0 Å². The van der Waals surface area contributed by atoms with Gasteiger partial charge in [-0.25, -0.2) is 0 Å². The molecule has 0 aromatic heterocycles. The van der Waals surface area contributed by atoms with Crippen molar-refractivity contribution in [1.82, 2.24) is 0 Å². The zero-order valence-corrected chi connectivity index (χ0v) is 9.39. The van der Waals surface area contributed by atoms with Crippen LogP contribution in [0, 0.1) is 0 Å². The Balaban J connectivity index is 2.36. The fourth-order valence-electron chi connectivity index (χ4n) is 1.92. The fraction of sp³-hybridized carbons (Fsp3) is 0.125. The third-order valence-electron chi connectivity index (χ3n) is 2.73. The summed E-state index contributed by atoms with van der Waals surface area (Å²) in [4.78, 5) is 0. The highest BCUT2D eigenvalue weighted by Crippen LogP contribution is 2.27. The van der Waals surface area contributed by atoms with E-state index in [-0.39, 0.29) is 0 Å². The van der Waals surface area contributed by atoms with Gasteiger partial charge in [0.2, 0.25) is 0 Å². The van der Waals surface area contributed by atoms with Crippen LogP contribution in [0.15, 0.2) is 72.9 Å². The lowest BCUT2D eigenvalue weighted by atomic mass is 9.96. The van der Waals surface area contributed by atoms with Crippen LogP contribution in [-0.2, 0) is 0 Å². The summed E-state index contributed by atoms with van der Waals surface area (Å²) in [5.41, 5.74) is 4.05. The van der Waals surface area contributed by atoms with Gasteiger partial charge in [0.1, 0.15) is 0 Å². The van der Waals surface area contributed by atoms with Gasteiger partial charge in [0.15, 0.2) is 0 Å². The van der Waals surface area contributed by atoms with Crippen LogP contribution in [-0.4, -0.2) is 0 Å². The van der Waals surface area contributed by atoms with E-state index in [1.165, 1.54) is 16.7 Å². The van der Waals surface area contributed by atoms with Crippen LogP contribution >= 0.6 is 0 Å². The van der Waals surface area contributed by atoms with Gasteiger partial charge in [0.05, 0.1) is 0 Å². The first kappa shape index (κ1) is 10.7. The van der Waals surface area contributed by atoms with Crippen LogP contribution in [0.25, 0.3) is 5.57 Å². The third-order valence-corrected chi connectivity index (χ3v) is 2.73. The second kappa shape index (κ2) is 5.32. The van der Waals surface area contributed by atoms with Crippen molar-refractivity contribution in [3.05, 3.63) is 78.4 Å². The highest BCUT2D eigenvalue weighted by molar-refractivity contribution is 5.74. The molecule has 0 bridgehead atoms. The van der Waals surface area contributed by atoms with Gasteiger partial charge in [0.25, 0.3) is 0 Å². The summed E-state index contributed by atoms with van der Waals surface area (Å²) in [6, 6.07) is 10.6. The SMILES string of the molecule is C=CCCC(=C1C=CC=C1)c1ccccc1. The molecule has 0 atom stereocenters. The van der Waals surface area contributed by atoms with Gasteiger partial charge in [0, 0.05) is 0 Å². The lowest BCUT2D eigenvalue weighted by Crippen LogP contribution is -1.87. The molecule has 2 rings (SSSR count). The van der Waals surface area contributed by atoms with Crippen LogP contribution in [0.4, 0.5) is 0 Å². The molecule has 80 valence electrons. The molecular weight excluding hydrogens is 192 g/mol. The maximum absolute atomic E-state index is 3.79. The fourth-order valence-corrected chi connectivity index (χ4v) is 1.92. The Morgan fingerprint density at radius 3 is 2.38 bits per heavy atom. The van der Waals surface area contributed by atoms with Crippen LogP contribution in [0.1, 0.15) is 18.4 Å². The molecule has 0 radical (unpaired) electrons. The molecule has 0 fully saturated rings. The van der Waals surface area contributed by atoms with E-state index in [1.54, 1.807) is 0 Å². The minimum absolute atomic E-state index is 1.02. The van der Waals surface area contributed by atoms with Crippen LogP contribution in [0.2, 0.25) is 0 Å². The number of allylic oxidation sites excluding steroid dienone is 7. The van der Waals surface area contributed by atoms with Gasteiger partial charge < -0.3 is 0 Å². The van der Waals surface area contributed by atoms with E-state index in [1.807, 2.05) is 6.08 Å². The Morgan fingerprint density at radius 2 is 1.75 bits per heavy atom. The van der Waals surface area contributed by atoms with Crippen molar-refractivity contribution in [2.24, 2.45) is 0 Å². The molecule has 0 saturated heterocycles. The van der Waals surface area contributed by atoms with Gasteiger partial charge in [-0.2, -0.15) is 0 Å². The first-order chi connectivity index (χ1) is 7.92. The summed E-state index contributed by atoms with van der Waals surface area (Å²) in [6.07, 6.45) is 12.6. The maximum Gasteiger partial charge on any atom is -0.0218 e. The molecule has 0 unspecified atom stereocenters. The average Bonchev–Trinajstić information content (AvgIpc) is 2.85. The van der Waals surface area contributed by atoms with Gasteiger partial charge in [-0.3, -0.25) is 0 Å². The number of hydrogen-bond acceptors (Lipinski definition) is 0. The second-order valence-electron chi connectivity index (χ2n) is 3.85. The molecule has 0 heteroatoms. The summed E-state index contributed by atoms with van der Waals surface area (Å²) in [6.45, 7) is 3.79. The normalized spacial score (nSPS) is 13.1. The van der Waals surface area contributed by atoms with Crippen molar-refractivity contribution in [2.75, 3.05) is 0 Å². The molecule has 16 heavy (non-hydrogen) atoms. The van der Waals surface area contributed by atoms with Gasteiger partial charge in [-0.05, 0) is 29.6 Å². The highest BCUT2D eigenvalue weighted by Gasteiger charge is 2.06. The van der Waals surface area contributed by atoms with E-state index in [0.717, 1.165) is 12.8 Å². The molecule has 0 nitrogen and oxygen atoms in total. The zero-order chi connectivity index (χ0) is 11.2. The Hall–Kier alpha value is -1.82. The van der Waals surface area contributed by atoms with Crippen molar-refractivity contribution in [3.63, 3.8) is 0 Å². The first-order valence-corrected chi connectivity index (χ1v) is 5.66. The largest absolute Gasteiger partial charge is 0.103 e. The molecule has 1 aliphatic rings. The molecule has 1 aliphatic carbocycles. The predicted molar refractivity (Wildman–Crippen MR) is 71.1 cm³/mol. The van der Waals surface area contributed by atoms with Crippen molar-refractivity contribution < 1.29 is 0 Å². The van der Waals surface area contributed by atoms with Crippen molar-refractivity contribution >= 4 is 5.57 Å². The van der Waals surface area contributed by atoms with Crippen molar-refractivity contribution in [2.45, 2.75) is 12.8 Å². The van der Waals surface area contributed by atoms with E-state index in [2.05, 4.69) is 61.2 Å². The quantitative estimate of drug-likeness (QED) is 0.637. The number of rotatable bonds is 4. The number of benzene rings is 1. The van der Waals surface area contributed by atoms with Gasteiger partial charge in [-0.15, -0.1) is 6.58 Å². The first-order valence-electron chi connectivity index (χ1n) is 5.66. The maximum atomic E-state index is 3.79. The van der Waals surface area contributed by atoms with Crippen molar-refractivity contribution in [1.29, 1.82) is 0 Å². The molecule has 1 aromatic carbocycles. The summed E-state index contributed by atoms with van der Waals surface area (Å²) in [7, 11) is 0. The van der Waals surface area contributed by atoms with E-state index in [0.29, 0.717) is 0 Å². The monoisotopic (exact) mass is 208 g/mol. The topological polar surface area (TPSA) is 0 Å². The molecule has 0 N–H and O–H groups in total. The Bertz CT molecular complexity index is 430. The molecule has 0 spiro atoms. The van der Waals surface area contributed by atoms with E-state index in [4.69, 9.17) is 0 Å². The molecule has 0 aliphatic heterocycles. The van der Waals surface area contributed by atoms with Gasteiger partial charge in [-0.1, -0.05) is 60.7 Å². The van der Waals surface area contributed by atoms with Crippen LogP contribution < -0.4 is 0 Å². The summed E-state index contributed by atoms with van der Waals surface area (Å²) in [5, 5.41) is 0. The molecule has 0 amide bonds. The number of hydrogen-bond donors (Lipinski definition) is 0. The lowest BCUT2D eigenvalue weighted by molar-refractivity contribution is 1.07. The molecule has 0 heterocycles. The Kier molecular flexibility index (Phi) is 3.55. The second-order valence-corrected chi connectivity index (χ2v) is 3.85. The van der Waals surface area contributed by atoms with E-state index in [9.17, 15) is 0 Å². The summed E-state index contributed by atoms with van der Waals surface area (Å²) >= 11 is 0. The summed E-state index contributed by atoms with van der Waals surface area (Å²) < 4.78 is 0. The zero-order valence-electron chi connectivity index (χ0n) is 9.39. The van der Waals surface area contributed by atoms with Gasteiger partial charge >= 0.3 is 0 Å². The standard InChI is InChI=1S/C16H16/c1-2-3-13-16(15-11-7-8-12-15)14-9-5-4-6-10-14/h2,4-12H,1,3,13H2. The molecular formula is C16H16.